The maximum atomic E-state index is 3.77. The van der Waals surface area contributed by atoms with Crippen LogP contribution in [0.3, 0.4) is 0 Å². The molecule has 40 valence electrons. The van der Waals surface area contributed by atoms with Crippen LogP contribution in [0.2, 0.25) is 0 Å². The predicted octanol–water partition coefficient (Wildman–Crippen LogP) is 0.739. The zero-order valence-electron chi connectivity index (χ0n) is 5.07. The third-order valence-corrected chi connectivity index (χ3v) is 1.30. The van der Waals surface area contributed by atoms with Gasteiger partial charge in [-0.3, -0.25) is 0 Å². The highest BCUT2D eigenvalue weighted by molar-refractivity contribution is 5.15. The van der Waals surface area contributed by atoms with Crippen molar-refractivity contribution >= 4 is 6.72 Å². The molecule has 0 aromatic rings. The monoisotopic (exact) mass is 98.1 g/mol. The summed E-state index contributed by atoms with van der Waals surface area (Å²) in [6.07, 6.45) is 0. The van der Waals surface area contributed by atoms with Crippen LogP contribution < -0.4 is 0 Å². The van der Waals surface area contributed by atoms with Crippen LogP contribution in [0.25, 0.3) is 0 Å². The largest absolute Gasteiger partial charge is 0.241 e. The van der Waals surface area contributed by atoms with Gasteiger partial charge in [0.2, 0.25) is 0 Å². The molecule has 0 N–H and O–H groups in total. The minimum absolute atomic E-state index is 0.557. The van der Waals surface area contributed by atoms with Gasteiger partial charge in [0, 0.05) is 0 Å². The molecule has 1 aliphatic heterocycles. The molecule has 1 nitrogen and oxygen atoms in total. The predicted molar refractivity (Wildman–Crippen MR) is 30.9 cm³/mol. The molecule has 0 aromatic heterocycles. The molecule has 1 fully saturated rings. The second-order valence-corrected chi connectivity index (χ2v) is 3.15. The van der Waals surface area contributed by atoms with Gasteiger partial charge in [0.15, 0.2) is 13.1 Å². The van der Waals surface area contributed by atoms with E-state index in [1.165, 1.54) is 0 Å². The molecule has 0 aliphatic carbocycles. The maximum absolute atomic E-state index is 3.77. The molecule has 0 radical (unpaired) electrons. The van der Waals surface area contributed by atoms with Crippen LogP contribution in [0.1, 0.15) is 13.8 Å². The van der Waals surface area contributed by atoms with Gasteiger partial charge < -0.3 is 0 Å². The smallest absolute Gasteiger partial charge is 0.153 e. The Labute approximate surface area is 44.7 Å². The molecule has 0 bridgehead atoms. The first-order chi connectivity index (χ1) is 3.10. The fourth-order valence-electron chi connectivity index (χ4n) is 1.16. The molecule has 0 amide bonds. The van der Waals surface area contributed by atoms with E-state index >= 15 is 0 Å². The van der Waals surface area contributed by atoms with E-state index in [1.807, 2.05) is 0 Å². The van der Waals surface area contributed by atoms with E-state index in [-0.39, 0.29) is 0 Å². The molecular formula is C6H12N+. The van der Waals surface area contributed by atoms with Crippen LogP contribution >= 0.6 is 0 Å². The first-order valence-corrected chi connectivity index (χ1v) is 2.66. The van der Waals surface area contributed by atoms with Crippen LogP contribution in [-0.2, 0) is 0 Å². The van der Waals surface area contributed by atoms with Gasteiger partial charge in [0.05, 0.1) is 5.41 Å². The topological polar surface area (TPSA) is 3.01 Å². The van der Waals surface area contributed by atoms with Crippen molar-refractivity contribution in [2.75, 3.05) is 13.1 Å². The lowest BCUT2D eigenvalue weighted by molar-refractivity contribution is -0.616. The van der Waals surface area contributed by atoms with E-state index in [4.69, 9.17) is 0 Å². The lowest BCUT2D eigenvalue weighted by Crippen LogP contribution is -2.45. The Hall–Kier alpha value is -0.330. The molecule has 0 atom stereocenters. The summed E-state index contributed by atoms with van der Waals surface area (Å²) in [4.78, 5) is 0. The Morgan fingerprint density at radius 2 is 1.86 bits per heavy atom. The molecule has 0 saturated carbocycles. The van der Waals surface area contributed by atoms with E-state index in [0.29, 0.717) is 5.41 Å². The minimum atomic E-state index is 0.557. The fraction of sp³-hybridized carbons (Fsp3) is 0.833. The molecule has 0 aromatic carbocycles. The summed E-state index contributed by atoms with van der Waals surface area (Å²) in [5.41, 5.74) is 0.557. The van der Waals surface area contributed by atoms with Crippen molar-refractivity contribution in [3.05, 3.63) is 0 Å². The van der Waals surface area contributed by atoms with Crippen LogP contribution in [-0.4, -0.2) is 24.4 Å². The molecule has 1 heteroatoms. The second-order valence-electron chi connectivity index (χ2n) is 3.15. The summed E-state index contributed by atoms with van der Waals surface area (Å²) in [7, 11) is 0. The van der Waals surface area contributed by atoms with Crippen molar-refractivity contribution < 1.29 is 4.58 Å². The van der Waals surface area contributed by atoms with Crippen LogP contribution in [0.15, 0.2) is 0 Å². The van der Waals surface area contributed by atoms with Gasteiger partial charge >= 0.3 is 0 Å². The highest BCUT2D eigenvalue weighted by Gasteiger charge is 2.37. The molecule has 7 heavy (non-hydrogen) atoms. The standard InChI is InChI=1S/C6H12N/c1-6(2)4-7(3)5-6/h3-5H2,1-2H3/q+1. The van der Waals surface area contributed by atoms with E-state index in [1.54, 1.807) is 0 Å². The second kappa shape index (κ2) is 1.09. The van der Waals surface area contributed by atoms with Crippen LogP contribution in [0.5, 0.6) is 0 Å². The Morgan fingerprint density at radius 1 is 1.43 bits per heavy atom. The quantitative estimate of drug-likeness (QED) is 0.393. The Balaban J connectivity index is 2.43. The summed E-state index contributed by atoms with van der Waals surface area (Å²) in [6, 6.07) is 0. The molecule has 0 spiro atoms. The highest BCUT2D eigenvalue weighted by Crippen LogP contribution is 2.23. The van der Waals surface area contributed by atoms with Crippen LogP contribution in [0, 0.1) is 5.41 Å². The average Bonchev–Trinajstić information content (AvgIpc) is 1.27. The molecule has 1 rings (SSSR count). The molecular weight excluding hydrogens is 86.1 g/mol. The van der Waals surface area contributed by atoms with Crippen LogP contribution in [0.4, 0.5) is 0 Å². The zero-order chi connectivity index (χ0) is 5.49. The van der Waals surface area contributed by atoms with E-state index < -0.39 is 0 Å². The van der Waals surface area contributed by atoms with Crippen molar-refractivity contribution in [2.24, 2.45) is 5.41 Å². The fourth-order valence-corrected chi connectivity index (χ4v) is 1.16. The lowest BCUT2D eigenvalue weighted by Gasteiger charge is -2.29. The number of hydrogen-bond donors (Lipinski definition) is 0. The van der Waals surface area contributed by atoms with Gasteiger partial charge in [-0.15, -0.1) is 0 Å². The van der Waals surface area contributed by atoms with Crippen molar-refractivity contribution in [3.63, 3.8) is 0 Å². The molecule has 0 unspecified atom stereocenters. The summed E-state index contributed by atoms with van der Waals surface area (Å²) in [5, 5.41) is 0. The van der Waals surface area contributed by atoms with Gasteiger partial charge in [0.1, 0.15) is 6.72 Å². The minimum Gasteiger partial charge on any atom is -0.241 e. The first-order valence-electron chi connectivity index (χ1n) is 2.66. The van der Waals surface area contributed by atoms with Gasteiger partial charge in [0.25, 0.3) is 0 Å². The van der Waals surface area contributed by atoms with Crippen molar-refractivity contribution in [2.45, 2.75) is 13.8 Å². The van der Waals surface area contributed by atoms with Gasteiger partial charge in [-0.2, -0.15) is 0 Å². The molecule has 1 aliphatic rings. The van der Waals surface area contributed by atoms with E-state index in [2.05, 4.69) is 25.1 Å². The Kier molecular flexibility index (Phi) is 0.748. The van der Waals surface area contributed by atoms with Crippen molar-refractivity contribution in [3.8, 4) is 0 Å². The number of nitrogens with zero attached hydrogens (tertiary/aromatic N) is 1. The number of hydrogen-bond acceptors (Lipinski definition) is 0. The SMILES string of the molecule is C=[N+]1CC(C)(C)C1. The van der Waals surface area contributed by atoms with Gasteiger partial charge in [-0.25, -0.2) is 4.58 Å². The highest BCUT2D eigenvalue weighted by atomic mass is 15.1. The molecule has 1 heterocycles. The average molecular weight is 98.2 g/mol. The van der Waals surface area contributed by atoms with Gasteiger partial charge in [-0.05, 0) is 13.8 Å². The molecule has 1 saturated heterocycles. The van der Waals surface area contributed by atoms with Gasteiger partial charge in [-0.1, -0.05) is 0 Å². The zero-order valence-corrected chi connectivity index (χ0v) is 5.07. The summed E-state index contributed by atoms with van der Waals surface area (Å²) in [6.45, 7) is 10.6. The Morgan fingerprint density at radius 3 is 1.86 bits per heavy atom. The number of rotatable bonds is 0. The normalized spacial score (nSPS) is 26.9. The summed E-state index contributed by atoms with van der Waals surface area (Å²) < 4.78 is 2.08. The van der Waals surface area contributed by atoms with E-state index in [0.717, 1.165) is 13.1 Å². The third kappa shape index (κ3) is 0.817. The third-order valence-electron chi connectivity index (χ3n) is 1.30. The summed E-state index contributed by atoms with van der Waals surface area (Å²) >= 11 is 0. The Bertz CT molecular complexity index is 92.7. The maximum Gasteiger partial charge on any atom is 0.153 e. The van der Waals surface area contributed by atoms with Crippen molar-refractivity contribution in [1.82, 2.24) is 0 Å². The van der Waals surface area contributed by atoms with Crippen molar-refractivity contribution in [1.29, 1.82) is 0 Å². The summed E-state index contributed by atoms with van der Waals surface area (Å²) in [5.74, 6) is 0. The van der Waals surface area contributed by atoms with E-state index in [9.17, 15) is 0 Å². The first kappa shape index (κ1) is 4.82. The lowest BCUT2D eigenvalue weighted by atomic mass is 9.86.